The average Bonchev–Trinajstić information content (AvgIpc) is 2.98. The van der Waals surface area contributed by atoms with Gasteiger partial charge in [0.1, 0.15) is 5.82 Å². The van der Waals surface area contributed by atoms with Gasteiger partial charge in [-0.05, 0) is 57.9 Å². The van der Waals surface area contributed by atoms with Crippen molar-refractivity contribution in [1.29, 1.82) is 0 Å². The molecule has 3 heterocycles. The topological polar surface area (TPSA) is 28.2 Å². The number of nitrogens with one attached hydrogen (secondary N) is 1. The van der Waals surface area contributed by atoms with E-state index in [1.54, 1.807) is 11.3 Å². The van der Waals surface area contributed by atoms with E-state index in [4.69, 9.17) is 0 Å². The first-order chi connectivity index (χ1) is 11.4. The second-order valence-corrected chi connectivity index (χ2v) is 8.09. The number of halogens is 4. The van der Waals surface area contributed by atoms with Gasteiger partial charge in [0.05, 0.1) is 9.35 Å². The van der Waals surface area contributed by atoms with Crippen LogP contribution in [0.1, 0.15) is 24.0 Å². The van der Waals surface area contributed by atoms with Crippen LogP contribution < -0.4 is 10.2 Å². The van der Waals surface area contributed by atoms with E-state index in [0.717, 1.165) is 48.5 Å². The summed E-state index contributed by atoms with van der Waals surface area (Å²) in [5.74, 6) is 0.614. The lowest BCUT2D eigenvalue weighted by Gasteiger charge is -2.33. The first-order valence-electron chi connectivity index (χ1n) is 7.66. The van der Waals surface area contributed by atoms with Crippen molar-refractivity contribution in [2.75, 3.05) is 18.0 Å². The van der Waals surface area contributed by atoms with Crippen LogP contribution in [-0.2, 0) is 12.7 Å². The lowest BCUT2D eigenvalue weighted by Crippen LogP contribution is -2.42. The molecule has 1 fully saturated rings. The van der Waals surface area contributed by atoms with Crippen LogP contribution in [0.15, 0.2) is 33.6 Å². The minimum Gasteiger partial charge on any atom is -0.357 e. The number of rotatable bonds is 4. The quantitative estimate of drug-likeness (QED) is 0.779. The summed E-state index contributed by atoms with van der Waals surface area (Å²) < 4.78 is 38.9. The highest BCUT2D eigenvalue weighted by atomic mass is 79.9. The summed E-state index contributed by atoms with van der Waals surface area (Å²) in [6.45, 7) is 2.43. The summed E-state index contributed by atoms with van der Waals surface area (Å²) in [6.07, 6.45) is -1.52. The minimum atomic E-state index is -4.33. The normalized spacial score (nSPS) is 16.6. The summed E-state index contributed by atoms with van der Waals surface area (Å²) >= 11 is 5.13. The number of anilines is 1. The molecule has 8 heteroatoms. The molecule has 24 heavy (non-hydrogen) atoms. The van der Waals surface area contributed by atoms with Gasteiger partial charge >= 0.3 is 6.18 Å². The van der Waals surface area contributed by atoms with Crippen LogP contribution in [-0.4, -0.2) is 24.1 Å². The second kappa shape index (κ2) is 7.41. The Hall–Kier alpha value is -1.12. The maximum atomic E-state index is 12.6. The Bertz CT molecular complexity index is 664. The molecule has 0 aliphatic carbocycles. The van der Waals surface area contributed by atoms with Crippen molar-refractivity contribution in [1.82, 2.24) is 10.3 Å². The molecular weight excluding hydrogens is 403 g/mol. The molecule has 1 N–H and O–H groups in total. The van der Waals surface area contributed by atoms with E-state index in [0.29, 0.717) is 11.9 Å². The number of hydrogen-bond acceptors (Lipinski definition) is 4. The van der Waals surface area contributed by atoms with Crippen LogP contribution in [0.5, 0.6) is 0 Å². The fraction of sp³-hybridized carbons (Fsp3) is 0.438. The molecule has 0 atom stereocenters. The Morgan fingerprint density at radius 2 is 2.04 bits per heavy atom. The first kappa shape index (κ1) is 17.7. The molecule has 1 aliphatic heterocycles. The van der Waals surface area contributed by atoms with Gasteiger partial charge in [0.2, 0.25) is 0 Å². The van der Waals surface area contributed by atoms with Gasteiger partial charge in [-0.3, -0.25) is 0 Å². The van der Waals surface area contributed by atoms with E-state index in [-0.39, 0.29) is 0 Å². The number of nitrogens with zero attached hydrogens (tertiary/aromatic N) is 2. The molecule has 3 nitrogen and oxygen atoms in total. The van der Waals surface area contributed by atoms with Crippen LogP contribution in [0.4, 0.5) is 19.0 Å². The third kappa shape index (κ3) is 4.49. The van der Waals surface area contributed by atoms with Crippen molar-refractivity contribution in [2.24, 2.45) is 0 Å². The standard InChI is InChI=1S/C16H17BrF3N3S/c17-14-7-11(10-24-14)8-21-13-3-5-23(6-4-13)15-2-1-12(9-22-15)16(18,19)20/h1-2,7,9-10,13,21H,3-6,8H2. The fourth-order valence-electron chi connectivity index (χ4n) is 2.75. The average molecular weight is 420 g/mol. The molecule has 0 spiro atoms. The summed E-state index contributed by atoms with van der Waals surface area (Å²) in [7, 11) is 0. The second-order valence-electron chi connectivity index (χ2n) is 5.80. The zero-order chi connectivity index (χ0) is 17.2. The lowest BCUT2D eigenvalue weighted by molar-refractivity contribution is -0.137. The van der Waals surface area contributed by atoms with E-state index < -0.39 is 11.7 Å². The van der Waals surface area contributed by atoms with Crippen LogP contribution in [0.25, 0.3) is 0 Å². The molecule has 0 aromatic carbocycles. The number of thiophene rings is 1. The molecule has 0 amide bonds. The van der Waals surface area contributed by atoms with Gasteiger partial charge in [-0.2, -0.15) is 13.2 Å². The number of hydrogen-bond donors (Lipinski definition) is 1. The zero-order valence-corrected chi connectivity index (χ0v) is 15.2. The maximum absolute atomic E-state index is 12.6. The molecule has 2 aromatic heterocycles. The van der Waals surface area contributed by atoms with E-state index >= 15 is 0 Å². The highest BCUT2D eigenvalue weighted by Crippen LogP contribution is 2.29. The molecule has 1 aliphatic rings. The highest BCUT2D eigenvalue weighted by molar-refractivity contribution is 9.11. The van der Waals surface area contributed by atoms with Gasteiger partial charge in [-0.25, -0.2) is 4.98 Å². The summed E-state index contributed by atoms with van der Waals surface area (Å²) in [6, 6.07) is 5.09. The number of piperidine rings is 1. The van der Waals surface area contributed by atoms with Gasteiger partial charge in [0, 0.05) is 31.9 Å². The predicted molar refractivity (Wildman–Crippen MR) is 93.3 cm³/mol. The van der Waals surface area contributed by atoms with Crippen molar-refractivity contribution < 1.29 is 13.2 Å². The van der Waals surface area contributed by atoms with Crippen molar-refractivity contribution in [3.8, 4) is 0 Å². The summed E-state index contributed by atoms with van der Waals surface area (Å²) in [5.41, 5.74) is 0.559. The molecule has 0 radical (unpaired) electrons. The Kier molecular flexibility index (Phi) is 5.46. The van der Waals surface area contributed by atoms with Gasteiger partial charge in [-0.1, -0.05) is 0 Å². The Labute approximate surface area is 151 Å². The summed E-state index contributed by atoms with van der Waals surface area (Å²) in [5, 5.41) is 5.67. The molecule has 2 aromatic rings. The van der Waals surface area contributed by atoms with Gasteiger partial charge < -0.3 is 10.2 Å². The third-order valence-electron chi connectivity index (χ3n) is 4.11. The van der Waals surface area contributed by atoms with Crippen LogP contribution in [0.2, 0.25) is 0 Å². The van der Waals surface area contributed by atoms with E-state index in [2.05, 4.69) is 37.7 Å². The molecule has 0 saturated carbocycles. The number of pyridine rings is 1. The largest absolute Gasteiger partial charge is 0.417 e. The zero-order valence-electron chi connectivity index (χ0n) is 12.8. The predicted octanol–water partition coefficient (Wildman–Crippen LogP) is 4.68. The fourth-order valence-corrected chi connectivity index (χ4v) is 3.96. The SMILES string of the molecule is FC(F)(F)c1ccc(N2CCC(NCc3csc(Br)c3)CC2)nc1. The first-order valence-corrected chi connectivity index (χ1v) is 9.33. The van der Waals surface area contributed by atoms with Gasteiger partial charge in [0.25, 0.3) is 0 Å². The van der Waals surface area contributed by atoms with Crippen molar-refractivity contribution in [3.05, 3.63) is 44.7 Å². The smallest absolute Gasteiger partial charge is 0.357 e. The van der Waals surface area contributed by atoms with Crippen LogP contribution >= 0.6 is 27.3 Å². The molecule has 130 valence electrons. The maximum Gasteiger partial charge on any atom is 0.417 e. The van der Waals surface area contributed by atoms with E-state index in [1.165, 1.54) is 11.6 Å². The highest BCUT2D eigenvalue weighted by Gasteiger charge is 2.31. The lowest BCUT2D eigenvalue weighted by atomic mass is 10.0. The summed E-state index contributed by atoms with van der Waals surface area (Å²) in [4.78, 5) is 6.01. The van der Waals surface area contributed by atoms with E-state index in [1.807, 2.05) is 4.90 Å². The van der Waals surface area contributed by atoms with Gasteiger partial charge in [0.15, 0.2) is 0 Å². The van der Waals surface area contributed by atoms with Crippen LogP contribution in [0, 0.1) is 0 Å². The van der Waals surface area contributed by atoms with Crippen molar-refractivity contribution >= 4 is 33.1 Å². The molecule has 1 saturated heterocycles. The van der Waals surface area contributed by atoms with Crippen molar-refractivity contribution in [3.63, 3.8) is 0 Å². The minimum absolute atomic E-state index is 0.425. The monoisotopic (exact) mass is 419 g/mol. The Morgan fingerprint density at radius 3 is 2.58 bits per heavy atom. The molecular formula is C16H17BrF3N3S. The van der Waals surface area contributed by atoms with Crippen molar-refractivity contribution in [2.45, 2.75) is 31.6 Å². The number of aromatic nitrogens is 1. The Balaban J connectivity index is 1.49. The molecule has 0 bridgehead atoms. The molecule has 0 unspecified atom stereocenters. The molecule has 3 rings (SSSR count). The third-order valence-corrected chi connectivity index (χ3v) is 5.66. The number of alkyl halides is 3. The Morgan fingerprint density at radius 1 is 1.29 bits per heavy atom. The van der Waals surface area contributed by atoms with Gasteiger partial charge in [-0.15, -0.1) is 11.3 Å². The van der Waals surface area contributed by atoms with E-state index in [9.17, 15) is 13.2 Å². The van der Waals surface area contributed by atoms with Crippen LogP contribution in [0.3, 0.4) is 0 Å².